The van der Waals surface area contributed by atoms with Crippen LogP contribution in [0.3, 0.4) is 0 Å². The lowest BCUT2D eigenvalue weighted by molar-refractivity contribution is 0.112. The van der Waals surface area contributed by atoms with Crippen LogP contribution in [0.4, 0.5) is 11.4 Å². The van der Waals surface area contributed by atoms with Crippen molar-refractivity contribution in [1.29, 1.82) is 0 Å². The first kappa shape index (κ1) is 13.8. The van der Waals surface area contributed by atoms with E-state index in [-0.39, 0.29) is 6.61 Å². The second-order valence-electron chi connectivity index (χ2n) is 5.36. The Morgan fingerprint density at radius 1 is 1.19 bits per heavy atom. The monoisotopic (exact) mass is 284 g/mol. The third kappa shape index (κ3) is 3.28. The van der Waals surface area contributed by atoms with E-state index in [0.29, 0.717) is 18.0 Å². The Morgan fingerprint density at radius 2 is 2.05 bits per heavy atom. The Morgan fingerprint density at radius 3 is 2.90 bits per heavy atom. The average molecular weight is 284 g/mol. The standard InChI is InChI=1S/C17H20N2O2/c18-14-5-3-6-16(10-14)21-12-15(20)11-19-9-8-13-4-1-2-7-17(13)19/h1-7,10,15,20H,8-9,11-12,18H2. The Balaban J connectivity index is 1.54. The highest BCUT2D eigenvalue weighted by Crippen LogP contribution is 2.27. The smallest absolute Gasteiger partial charge is 0.121 e. The predicted octanol–water partition coefficient (Wildman–Crippen LogP) is 2.07. The second-order valence-corrected chi connectivity index (χ2v) is 5.36. The molecule has 0 aliphatic carbocycles. The first-order chi connectivity index (χ1) is 10.2. The van der Waals surface area contributed by atoms with Crippen molar-refractivity contribution in [1.82, 2.24) is 0 Å². The van der Waals surface area contributed by atoms with Crippen molar-refractivity contribution in [2.24, 2.45) is 0 Å². The van der Waals surface area contributed by atoms with E-state index >= 15 is 0 Å². The summed E-state index contributed by atoms with van der Waals surface area (Å²) in [5, 5.41) is 10.2. The number of β-amino-alcohol motifs (C(OH)–C–C–N with tert-alkyl or cyclic N) is 1. The molecule has 21 heavy (non-hydrogen) atoms. The van der Waals surface area contributed by atoms with E-state index in [9.17, 15) is 5.11 Å². The Bertz CT molecular complexity index is 615. The van der Waals surface area contributed by atoms with Crippen LogP contribution in [-0.4, -0.2) is 30.9 Å². The van der Waals surface area contributed by atoms with Gasteiger partial charge >= 0.3 is 0 Å². The van der Waals surface area contributed by atoms with E-state index in [4.69, 9.17) is 10.5 Å². The number of rotatable bonds is 5. The lowest BCUT2D eigenvalue weighted by atomic mass is 10.2. The first-order valence-corrected chi connectivity index (χ1v) is 7.21. The fourth-order valence-electron chi connectivity index (χ4n) is 2.70. The number of fused-ring (bicyclic) bond motifs is 1. The number of nitrogen functional groups attached to an aromatic ring is 1. The van der Waals surface area contributed by atoms with Gasteiger partial charge in [-0.3, -0.25) is 0 Å². The number of anilines is 2. The van der Waals surface area contributed by atoms with Gasteiger partial charge in [-0.1, -0.05) is 24.3 Å². The third-order valence-corrected chi connectivity index (χ3v) is 3.71. The van der Waals surface area contributed by atoms with Crippen LogP contribution >= 0.6 is 0 Å². The van der Waals surface area contributed by atoms with E-state index in [1.807, 2.05) is 24.3 Å². The molecule has 0 saturated carbocycles. The average Bonchev–Trinajstić information content (AvgIpc) is 2.89. The molecule has 0 amide bonds. The van der Waals surface area contributed by atoms with Crippen molar-refractivity contribution in [3.05, 3.63) is 54.1 Å². The minimum atomic E-state index is -0.530. The van der Waals surface area contributed by atoms with Crippen molar-refractivity contribution < 1.29 is 9.84 Å². The normalized spacial score (nSPS) is 14.8. The summed E-state index contributed by atoms with van der Waals surface area (Å²) in [6.45, 7) is 1.80. The summed E-state index contributed by atoms with van der Waals surface area (Å²) >= 11 is 0. The number of aliphatic hydroxyl groups excluding tert-OH is 1. The number of nitrogens with two attached hydrogens (primary N) is 1. The van der Waals surface area contributed by atoms with Gasteiger partial charge in [0.25, 0.3) is 0 Å². The van der Waals surface area contributed by atoms with Gasteiger partial charge in [0, 0.05) is 30.5 Å². The molecule has 3 rings (SSSR count). The SMILES string of the molecule is Nc1cccc(OCC(O)CN2CCc3ccccc32)c1. The second kappa shape index (κ2) is 6.06. The van der Waals surface area contributed by atoms with Crippen molar-refractivity contribution in [2.45, 2.75) is 12.5 Å². The fourth-order valence-corrected chi connectivity index (χ4v) is 2.70. The summed E-state index contributed by atoms with van der Waals surface area (Å²) in [5.74, 6) is 0.691. The lowest BCUT2D eigenvalue weighted by Crippen LogP contribution is -2.34. The van der Waals surface area contributed by atoms with Gasteiger partial charge in [0.15, 0.2) is 0 Å². The third-order valence-electron chi connectivity index (χ3n) is 3.71. The van der Waals surface area contributed by atoms with Crippen LogP contribution in [0.15, 0.2) is 48.5 Å². The van der Waals surface area contributed by atoms with Gasteiger partial charge in [0.2, 0.25) is 0 Å². The highest BCUT2D eigenvalue weighted by molar-refractivity contribution is 5.57. The molecular weight excluding hydrogens is 264 g/mol. The molecule has 0 spiro atoms. The number of nitrogens with zero attached hydrogens (tertiary/aromatic N) is 1. The maximum absolute atomic E-state index is 10.2. The van der Waals surface area contributed by atoms with Gasteiger partial charge < -0.3 is 20.5 Å². The molecule has 0 bridgehead atoms. The van der Waals surface area contributed by atoms with Crippen LogP contribution < -0.4 is 15.4 Å². The lowest BCUT2D eigenvalue weighted by Gasteiger charge is -2.23. The molecule has 4 nitrogen and oxygen atoms in total. The summed E-state index contributed by atoms with van der Waals surface area (Å²) < 4.78 is 5.59. The van der Waals surface area contributed by atoms with Gasteiger partial charge in [-0.05, 0) is 30.2 Å². The van der Waals surface area contributed by atoms with Gasteiger partial charge in [0.1, 0.15) is 18.5 Å². The predicted molar refractivity (Wildman–Crippen MR) is 84.7 cm³/mol. The van der Waals surface area contributed by atoms with E-state index in [0.717, 1.165) is 13.0 Å². The Hall–Kier alpha value is -2.20. The molecule has 0 fully saturated rings. The maximum Gasteiger partial charge on any atom is 0.121 e. The van der Waals surface area contributed by atoms with Crippen molar-refractivity contribution >= 4 is 11.4 Å². The van der Waals surface area contributed by atoms with Crippen LogP contribution in [0.25, 0.3) is 0 Å². The summed E-state index contributed by atoms with van der Waals surface area (Å²) in [6, 6.07) is 15.6. The van der Waals surface area contributed by atoms with Crippen molar-refractivity contribution in [3.63, 3.8) is 0 Å². The molecular formula is C17H20N2O2. The molecule has 0 saturated heterocycles. The fraction of sp³-hybridized carbons (Fsp3) is 0.294. The Kier molecular flexibility index (Phi) is 3.97. The molecule has 1 unspecified atom stereocenters. The number of benzene rings is 2. The summed E-state index contributed by atoms with van der Waals surface area (Å²) in [5.41, 5.74) is 8.93. The van der Waals surface area contributed by atoms with Crippen molar-refractivity contribution in [3.8, 4) is 5.75 Å². The zero-order chi connectivity index (χ0) is 14.7. The number of para-hydroxylation sites is 1. The highest BCUT2D eigenvalue weighted by Gasteiger charge is 2.20. The van der Waals surface area contributed by atoms with E-state index in [2.05, 4.69) is 23.1 Å². The van der Waals surface area contributed by atoms with Gasteiger partial charge in [-0.25, -0.2) is 0 Å². The van der Waals surface area contributed by atoms with Gasteiger partial charge in [-0.15, -0.1) is 0 Å². The highest BCUT2D eigenvalue weighted by atomic mass is 16.5. The number of aliphatic hydroxyl groups is 1. The molecule has 110 valence electrons. The topological polar surface area (TPSA) is 58.7 Å². The first-order valence-electron chi connectivity index (χ1n) is 7.21. The molecule has 1 aliphatic heterocycles. The zero-order valence-electron chi connectivity index (χ0n) is 11.9. The molecule has 2 aromatic rings. The van der Waals surface area contributed by atoms with E-state index < -0.39 is 6.10 Å². The Labute approximate surface area is 124 Å². The molecule has 0 aromatic heterocycles. The van der Waals surface area contributed by atoms with Gasteiger partial charge in [0.05, 0.1) is 0 Å². The zero-order valence-corrected chi connectivity index (χ0v) is 11.9. The number of hydrogen-bond donors (Lipinski definition) is 2. The number of ether oxygens (including phenoxy) is 1. The molecule has 0 radical (unpaired) electrons. The summed E-state index contributed by atoms with van der Waals surface area (Å²) in [4.78, 5) is 2.21. The minimum absolute atomic E-state index is 0.266. The molecule has 1 heterocycles. The quantitative estimate of drug-likeness (QED) is 0.825. The summed E-state index contributed by atoms with van der Waals surface area (Å²) in [6.07, 6.45) is 0.511. The molecule has 3 N–H and O–H groups in total. The number of hydrogen-bond acceptors (Lipinski definition) is 4. The van der Waals surface area contributed by atoms with E-state index in [1.165, 1.54) is 11.3 Å². The molecule has 2 aromatic carbocycles. The van der Waals surface area contributed by atoms with Crippen molar-refractivity contribution in [2.75, 3.05) is 30.3 Å². The maximum atomic E-state index is 10.2. The molecule has 1 atom stereocenters. The minimum Gasteiger partial charge on any atom is -0.491 e. The van der Waals surface area contributed by atoms with Crippen LogP contribution in [0.2, 0.25) is 0 Å². The molecule has 4 heteroatoms. The summed E-state index contributed by atoms with van der Waals surface area (Å²) in [7, 11) is 0. The van der Waals surface area contributed by atoms with Crippen LogP contribution in [-0.2, 0) is 6.42 Å². The largest absolute Gasteiger partial charge is 0.491 e. The van der Waals surface area contributed by atoms with Gasteiger partial charge in [-0.2, -0.15) is 0 Å². The van der Waals surface area contributed by atoms with Crippen LogP contribution in [0, 0.1) is 0 Å². The molecule has 1 aliphatic rings. The van der Waals surface area contributed by atoms with E-state index in [1.54, 1.807) is 6.07 Å². The van der Waals surface area contributed by atoms with Crippen LogP contribution in [0.1, 0.15) is 5.56 Å². The van der Waals surface area contributed by atoms with Crippen LogP contribution in [0.5, 0.6) is 5.75 Å².